The van der Waals surface area contributed by atoms with Crippen LogP contribution >= 0.6 is 0 Å². The highest BCUT2D eigenvalue weighted by Gasteiger charge is 2.35. The molecule has 0 aromatic rings. The van der Waals surface area contributed by atoms with Crippen LogP contribution in [0.25, 0.3) is 0 Å². The van der Waals surface area contributed by atoms with Gasteiger partial charge in [0.25, 0.3) is 0 Å². The first-order valence-electron chi connectivity index (χ1n) is 8.05. The Kier molecular flexibility index (Phi) is 6.52. The van der Waals surface area contributed by atoms with Crippen LogP contribution in [0.4, 0.5) is 0 Å². The van der Waals surface area contributed by atoms with E-state index in [1.165, 1.54) is 0 Å². The lowest BCUT2D eigenvalue weighted by Gasteiger charge is -2.34. The maximum atomic E-state index is 11.5. The van der Waals surface area contributed by atoms with E-state index in [2.05, 4.69) is 0 Å². The van der Waals surface area contributed by atoms with E-state index in [9.17, 15) is 19.5 Å². The second-order valence-electron chi connectivity index (χ2n) is 6.21. The Balaban J connectivity index is 1.74. The first kappa shape index (κ1) is 18.6. The Morgan fingerprint density at radius 1 is 1.21 bits per heavy atom. The van der Waals surface area contributed by atoms with Crippen molar-refractivity contribution in [1.82, 2.24) is 4.90 Å². The predicted molar refractivity (Wildman–Crippen MR) is 79.0 cm³/mol. The highest BCUT2D eigenvalue weighted by Crippen LogP contribution is 2.27. The largest absolute Gasteiger partial charge is 0.481 e. The zero-order valence-electron chi connectivity index (χ0n) is 13.3. The normalized spacial score (nSPS) is 29.1. The summed E-state index contributed by atoms with van der Waals surface area (Å²) in [5.41, 5.74) is 0. The van der Waals surface area contributed by atoms with Crippen molar-refractivity contribution in [3.8, 4) is 0 Å². The summed E-state index contributed by atoms with van der Waals surface area (Å²) in [7, 11) is 0. The average molecular weight is 345 g/mol. The SMILES string of the molecule is O=C(O)C[C@H](O)C(=O)OC[C@@H]1CC[C@H](N2CCCC(C(=O)O)C2)O1. The van der Waals surface area contributed by atoms with Crippen LogP contribution in [0.1, 0.15) is 32.1 Å². The number of carboxylic acids is 2. The Morgan fingerprint density at radius 2 is 1.96 bits per heavy atom. The number of rotatable bonds is 7. The Morgan fingerprint density at radius 3 is 2.62 bits per heavy atom. The van der Waals surface area contributed by atoms with Crippen molar-refractivity contribution in [3.63, 3.8) is 0 Å². The van der Waals surface area contributed by atoms with Gasteiger partial charge in [-0.15, -0.1) is 0 Å². The maximum Gasteiger partial charge on any atom is 0.335 e. The number of hydrogen-bond acceptors (Lipinski definition) is 7. The fourth-order valence-electron chi connectivity index (χ4n) is 3.07. The van der Waals surface area contributed by atoms with Gasteiger partial charge in [0.2, 0.25) is 0 Å². The molecule has 2 aliphatic heterocycles. The number of carbonyl (C=O) groups excluding carboxylic acids is 1. The Hall–Kier alpha value is -1.71. The van der Waals surface area contributed by atoms with Crippen molar-refractivity contribution in [3.05, 3.63) is 0 Å². The second-order valence-corrected chi connectivity index (χ2v) is 6.21. The molecule has 0 saturated carbocycles. The molecule has 0 radical (unpaired) electrons. The molecule has 0 amide bonds. The molecule has 2 heterocycles. The van der Waals surface area contributed by atoms with Crippen LogP contribution in [0.2, 0.25) is 0 Å². The molecule has 2 rings (SSSR count). The molecule has 3 N–H and O–H groups in total. The minimum absolute atomic E-state index is 0.0534. The first-order valence-corrected chi connectivity index (χ1v) is 8.05. The van der Waals surface area contributed by atoms with E-state index in [0.29, 0.717) is 25.8 Å². The van der Waals surface area contributed by atoms with Crippen LogP contribution in [0.5, 0.6) is 0 Å². The summed E-state index contributed by atoms with van der Waals surface area (Å²) in [6.45, 7) is 1.17. The smallest absolute Gasteiger partial charge is 0.335 e. The van der Waals surface area contributed by atoms with E-state index in [0.717, 1.165) is 13.0 Å². The van der Waals surface area contributed by atoms with Gasteiger partial charge in [0.1, 0.15) is 12.8 Å². The molecule has 24 heavy (non-hydrogen) atoms. The number of esters is 1. The minimum atomic E-state index is -1.68. The molecule has 9 heteroatoms. The number of hydrogen-bond donors (Lipinski definition) is 3. The van der Waals surface area contributed by atoms with E-state index in [1.54, 1.807) is 0 Å². The van der Waals surface area contributed by atoms with Gasteiger partial charge in [-0.3, -0.25) is 14.5 Å². The highest BCUT2D eigenvalue weighted by molar-refractivity contribution is 5.80. The molecule has 136 valence electrons. The zero-order chi connectivity index (χ0) is 17.7. The number of aliphatic hydroxyl groups excluding tert-OH is 1. The Bertz CT molecular complexity index is 482. The monoisotopic (exact) mass is 345 g/mol. The molecular formula is C15H23NO8. The van der Waals surface area contributed by atoms with E-state index >= 15 is 0 Å². The number of ether oxygens (including phenoxy) is 2. The van der Waals surface area contributed by atoms with Gasteiger partial charge in [0.05, 0.1) is 18.4 Å². The third-order valence-corrected chi connectivity index (χ3v) is 4.35. The van der Waals surface area contributed by atoms with Crippen LogP contribution in [0.3, 0.4) is 0 Å². The second kappa shape index (κ2) is 8.41. The van der Waals surface area contributed by atoms with E-state index in [1.807, 2.05) is 4.90 Å². The minimum Gasteiger partial charge on any atom is -0.481 e. The van der Waals surface area contributed by atoms with Gasteiger partial charge in [-0.05, 0) is 25.7 Å². The molecule has 1 unspecified atom stereocenters. The topological polar surface area (TPSA) is 134 Å². The van der Waals surface area contributed by atoms with Crippen LogP contribution in [0.15, 0.2) is 0 Å². The zero-order valence-corrected chi connectivity index (χ0v) is 13.3. The molecule has 2 aliphatic rings. The summed E-state index contributed by atoms with van der Waals surface area (Å²) >= 11 is 0. The van der Waals surface area contributed by atoms with Crippen LogP contribution < -0.4 is 0 Å². The molecule has 0 aliphatic carbocycles. The molecule has 0 aromatic heterocycles. The summed E-state index contributed by atoms with van der Waals surface area (Å²) in [5, 5.41) is 27.0. The molecule has 0 aromatic carbocycles. The summed E-state index contributed by atoms with van der Waals surface area (Å²) in [4.78, 5) is 35.0. The highest BCUT2D eigenvalue weighted by atomic mass is 16.6. The standard InChI is InChI=1S/C15H23NO8/c17-11(6-13(18)19)15(22)23-8-10-3-4-12(24-10)16-5-1-2-9(7-16)14(20)21/h9-12,17H,1-8H2,(H,18,19)(H,20,21)/t9?,10-,11-,12+/m0/s1. The molecular weight excluding hydrogens is 322 g/mol. The van der Waals surface area contributed by atoms with Crippen LogP contribution in [-0.4, -0.2) is 76.3 Å². The summed E-state index contributed by atoms with van der Waals surface area (Å²) in [6, 6.07) is 0. The molecule has 0 bridgehead atoms. The van der Waals surface area contributed by atoms with Crippen LogP contribution in [-0.2, 0) is 23.9 Å². The van der Waals surface area contributed by atoms with Gasteiger partial charge in [0.15, 0.2) is 6.10 Å². The molecule has 0 spiro atoms. The number of likely N-dealkylation sites (tertiary alicyclic amines) is 1. The lowest BCUT2D eigenvalue weighted by atomic mass is 9.98. The van der Waals surface area contributed by atoms with E-state index in [4.69, 9.17) is 19.7 Å². The van der Waals surface area contributed by atoms with E-state index in [-0.39, 0.29) is 24.9 Å². The number of carbonyl (C=O) groups is 3. The van der Waals surface area contributed by atoms with Gasteiger partial charge in [0, 0.05) is 13.1 Å². The Labute approximate surface area is 139 Å². The van der Waals surface area contributed by atoms with Gasteiger partial charge in [-0.2, -0.15) is 0 Å². The van der Waals surface area contributed by atoms with Crippen molar-refractivity contribution in [2.45, 2.75) is 50.5 Å². The van der Waals surface area contributed by atoms with Gasteiger partial charge < -0.3 is 24.8 Å². The van der Waals surface area contributed by atoms with Crippen molar-refractivity contribution < 1.29 is 39.2 Å². The summed E-state index contributed by atoms with van der Waals surface area (Å²) in [6.07, 6.45) is -0.0666. The number of nitrogens with zero attached hydrogens (tertiary/aromatic N) is 1. The molecule has 2 fully saturated rings. The maximum absolute atomic E-state index is 11.5. The summed E-state index contributed by atoms with van der Waals surface area (Å²) < 4.78 is 10.7. The van der Waals surface area contributed by atoms with Crippen molar-refractivity contribution in [1.29, 1.82) is 0 Å². The van der Waals surface area contributed by atoms with E-state index < -0.39 is 30.4 Å². The number of aliphatic hydroxyl groups is 1. The van der Waals surface area contributed by atoms with Crippen molar-refractivity contribution in [2.24, 2.45) is 5.92 Å². The third-order valence-electron chi connectivity index (χ3n) is 4.35. The fourth-order valence-corrected chi connectivity index (χ4v) is 3.07. The predicted octanol–water partition coefficient (Wildman–Crippen LogP) is -0.333. The lowest BCUT2D eigenvalue weighted by Crippen LogP contribution is -2.45. The van der Waals surface area contributed by atoms with Gasteiger partial charge in [-0.1, -0.05) is 0 Å². The third kappa shape index (κ3) is 5.15. The first-order chi connectivity index (χ1) is 11.4. The summed E-state index contributed by atoms with van der Waals surface area (Å²) in [5.74, 6) is -3.44. The molecule has 9 nitrogen and oxygen atoms in total. The lowest BCUT2D eigenvalue weighted by molar-refractivity contribution is -0.163. The van der Waals surface area contributed by atoms with Gasteiger partial charge in [-0.25, -0.2) is 4.79 Å². The van der Waals surface area contributed by atoms with Gasteiger partial charge >= 0.3 is 17.9 Å². The fraction of sp³-hybridized carbons (Fsp3) is 0.800. The number of aliphatic carboxylic acids is 2. The average Bonchev–Trinajstić information content (AvgIpc) is 3.01. The molecule has 4 atom stereocenters. The number of carboxylic acid groups (broad SMARTS) is 2. The van der Waals surface area contributed by atoms with Crippen LogP contribution in [0, 0.1) is 5.92 Å². The quantitative estimate of drug-likeness (QED) is 0.530. The van der Waals surface area contributed by atoms with Crippen molar-refractivity contribution >= 4 is 17.9 Å². The van der Waals surface area contributed by atoms with Crippen molar-refractivity contribution in [2.75, 3.05) is 19.7 Å². The number of piperidine rings is 1. The molecule has 2 saturated heterocycles.